The van der Waals surface area contributed by atoms with Crippen LogP contribution in [0, 0.1) is 5.41 Å². The van der Waals surface area contributed by atoms with E-state index in [4.69, 9.17) is 4.98 Å². The second kappa shape index (κ2) is 10.9. The Morgan fingerprint density at radius 3 is 2.65 bits per heavy atom. The summed E-state index contributed by atoms with van der Waals surface area (Å²) in [4.78, 5) is 38.2. The zero-order chi connectivity index (χ0) is 27.9. The molecule has 11 heteroatoms. The Balaban J connectivity index is 1.09. The number of nitrogens with zero attached hydrogens (tertiary/aromatic N) is 4. The Morgan fingerprint density at radius 1 is 1.12 bits per heavy atom. The van der Waals surface area contributed by atoms with Crippen molar-refractivity contribution in [2.24, 2.45) is 5.41 Å². The lowest BCUT2D eigenvalue weighted by molar-refractivity contribution is -0.147. The summed E-state index contributed by atoms with van der Waals surface area (Å²) < 4.78 is 0. The number of amides is 2. The van der Waals surface area contributed by atoms with Crippen LogP contribution in [0.3, 0.4) is 0 Å². The van der Waals surface area contributed by atoms with Gasteiger partial charge in [0.25, 0.3) is 5.91 Å². The number of benzene rings is 1. The third kappa shape index (κ3) is 5.57. The van der Waals surface area contributed by atoms with E-state index in [9.17, 15) is 19.8 Å². The molecule has 1 aliphatic carbocycles. The van der Waals surface area contributed by atoms with Gasteiger partial charge in [-0.1, -0.05) is 6.07 Å². The molecule has 1 spiro atoms. The summed E-state index contributed by atoms with van der Waals surface area (Å²) in [5, 5.41) is 30.3. The number of aromatic hydroxyl groups is 1. The van der Waals surface area contributed by atoms with Gasteiger partial charge in [-0.2, -0.15) is 4.98 Å². The van der Waals surface area contributed by atoms with Crippen LogP contribution in [0.2, 0.25) is 0 Å². The van der Waals surface area contributed by atoms with Crippen molar-refractivity contribution in [3.05, 3.63) is 41.1 Å². The van der Waals surface area contributed by atoms with Gasteiger partial charge in [-0.15, -0.1) is 0 Å². The average molecular weight is 550 g/mol. The van der Waals surface area contributed by atoms with Gasteiger partial charge in [0.1, 0.15) is 17.3 Å². The van der Waals surface area contributed by atoms with Crippen LogP contribution in [0.1, 0.15) is 60.6 Å². The summed E-state index contributed by atoms with van der Waals surface area (Å²) in [6.45, 7) is 5.63. The summed E-state index contributed by atoms with van der Waals surface area (Å²) in [7, 11) is 0. The fourth-order valence-electron chi connectivity index (χ4n) is 6.63. The number of nitrogens with one attached hydrogen (secondary N) is 3. The number of carbonyl (C=O) groups excluding carboxylic acids is 2. The molecule has 2 amide bonds. The van der Waals surface area contributed by atoms with E-state index in [-0.39, 0.29) is 47.3 Å². The Bertz CT molecular complexity index is 1270. The van der Waals surface area contributed by atoms with E-state index in [1.54, 1.807) is 25.1 Å². The van der Waals surface area contributed by atoms with Crippen molar-refractivity contribution >= 4 is 23.6 Å². The van der Waals surface area contributed by atoms with Crippen LogP contribution in [0.15, 0.2) is 24.3 Å². The molecule has 1 aromatic heterocycles. The Morgan fingerprint density at radius 2 is 1.90 bits per heavy atom. The zero-order valence-corrected chi connectivity index (χ0v) is 23.0. The number of aliphatic hydroxyl groups is 1. The highest BCUT2D eigenvalue weighted by molar-refractivity contribution is 5.93. The molecule has 6 rings (SSSR count). The molecule has 2 aromatic rings. The molecule has 0 radical (unpaired) electrons. The minimum Gasteiger partial charge on any atom is -0.508 e. The number of phenols is 1. The Labute approximate surface area is 234 Å². The number of anilines is 2. The number of likely N-dealkylation sites (tertiary alicyclic amines) is 1. The standard InChI is InChI=1S/C29H39N7O4/c1-18(37)36-16-29(17-36)12-21(13-29)32-26-11-24(33-28(34-26)35-7-3-2-4-8-35)27(40)31-15-25(39)23-10-19-5-6-22(38)9-20(19)14-30-23/h5-6,9,11,21,23,25,30,38-39H,2-4,7-8,10,12-17H2,1H3,(H,31,40)(H,32,33,34)/t23-,25?/m0/s1. The second-order valence-corrected chi connectivity index (χ2v) is 12.0. The molecule has 4 heterocycles. The van der Waals surface area contributed by atoms with Crippen molar-refractivity contribution in [1.82, 2.24) is 25.5 Å². The molecule has 1 aromatic carbocycles. The van der Waals surface area contributed by atoms with E-state index < -0.39 is 6.10 Å². The molecule has 0 bridgehead atoms. The topological polar surface area (TPSA) is 143 Å². The normalized spacial score (nSPS) is 22.6. The number of aromatic nitrogens is 2. The zero-order valence-electron chi connectivity index (χ0n) is 23.0. The summed E-state index contributed by atoms with van der Waals surface area (Å²) in [5.74, 6) is 1.22. The maximum atomic E-state index is 13.2. The SMILES string of the molecule is CC(=O)N1CC2(CC(Nc3cc(C(=O)NCC(O)[C@@H]4Cc5ccc(O)cc5CN4)nc(N4CCCCC4)n3)C2)C1. The quantitative estimate of drug-likeness (QED) is 0.346. The van der Waals surface area contributed by atoms with Crippen LogP contribution in [-0.4, -0.2) is 87.8 Å². The molecule has 214 valence electrons. The van der Waals surface area contributed by atoms with Gasteiger partial charge in [0.15, 0.2) is 0 Å². The predicted molar refractivity (Wildman–Crippen MR) is 150 cm³/mol. The fraction of sp³-hybridized carbons (Fsp3) is 0.586. The summed E-state index contributed by atoms with van der Waals surface area (Å²) in [5.41, 5.74) is 2.60. The van der Waals surface area contributed by atoms with E-state index >= 15 is 0 Å². The molecule has 3 aliphatic heterocycles. The minimum absolute atomic E-state index is 0.0908. The van der Waals surface area contributed by atoms with Crippen molar-refractivity contribution in [2.75, 3.05) is 42.9 Å². The number of rotatable bonds is 7. The van der Waals surface area contributed by atoms with Gasteiger partial charge in [-0.05, 0) is 61.8 Å². The monoisotopic (exact) mass is 549 g/mol. The van der Waals surface area contributed by atoms with E-state index in [2.05, 4.69) is 25.8 Å². The highest BCUT2D eigenvalue weighted by Gasteiger charge is 2.53. The van der Waals surface area contributed by atoms with Crippen molar-refractivity contribution in [3.8, 4) is 5.75 Å². The smallest absolute Gasteiger partial charge is 0.270 e. The van der Waals surface area contributed by atoms with Crippen molar-refractivity contribution in [2.45, 2.75) is 70.2 Å². The first-order valence-electron chi connectivity index (χ1n) is 14.4. The number of hydrogen-bond acceptors (Lipinski definition) is 9. The number of fused-ring (bicyclic) bond motifs is 1. The van der Waals surface area contributed by atoms with Crippen LogP contribution in [0.4, 0.5) is 11.8 Å². The average Bonchev–Trinajstić information content (AvgIpc) is 2.91. The first kappa shape index (κ1) is 26.8. The molecule has 2 saturated heterocycles. The number of piperidine rings is 1. The lowest BCUT2D eigenvalue weighted by Gasteiger charge is -2.59. The molecule has 3 fully saturated rings. The van der Waals surface area contributed by atoms with E-state index in [1.165, 1.54) is 6.42 Å². The third-order valence-electron chi connectivity index (χ3n) is 8.92. The molecule has 2 atom stereocenters. The van der Waals surface area contributed by atoms with Gasteiger partial charge in [0.05, 0.1) is 6.10 Å². The van der Waals surface area contributed by atoms with E-state index in [0.29, 0.717) is 24.7 Å². The molecule has 4 aliphatic rings. The van der Waals surface area contributed by atoms with Crippen molar-refractivity contribution < 1.29 is 19.8 Å². The molecule has 5 N–H and O–H groups in total. The first-order valence-corrected chi connectivity index (χ1v) is 14.4. The number of phenolic OH excluding ortho intramolecular Hbond substituents is 1. The van der Waals surface area contributed by atoms with Gasteiger partial charge in [-0.3, -0.25) is 9.59 Å². The molecule has 1 unspecified atom stereocenters. The Kier molecular flexibility index (Phi) is 7.26. The van der Waals surface area contributed by atoms with Crippen LogP contribution in [0.5, 0.6) is 5.75 Å². The van der Waals surface area contributed by atoms with E-state index in [0.717, 1.165) is 63.0 Å². The number of aliphatic hydroxyl groups excluding tert-OH is 1. The fourth-order valence-corrected chi connectivity index (χ4v) is 6.63. The van der Waals surface area contributed by atoms with Gasteiger partial charge >= 0.3 is 0 Å². The van der Waals surface area contributed by atoms with Crippen molar-refractivity contribution in [1.29, 1.82) is 0 Å². The lowest BCUT2D eigenvalue weighted by atomic mass is 9.60. The second-order valence-electron chi connectivity index (χ2n) is 12.0. The van der Waals surface area contributed by atoms with Gasteiger partial charge in [0.2, 0.25) is 11.9 Å². The summed E-state index contributed by atoms with van der Waals surface area (Å²) >= 11 is 0. The van der Waals surface area contributed by atoms with Crippen LogP contribution in [0.25, 0.3) is 0 Å². The van der Waals surface area contributed by atoms with Crippen LogP contribution < -0.4 is 20.9 Å². The molecule has 1 saturated carbocycles. The summed E-state index contributed by atoms with van der Waals surface area (Å²) in [6.07, 6.45) is 5.11. The highest BCUT2D eigenvalue weighted by atomic mass is 16.3. The molecular weight excluding hydrogens is 510 g/mol. The maximum absolute atomic E-state index is 13.2. The lowest BCUT2D eigenvalue weighted by Crippen LogP contribution is -2.65. The van der Waals surface area contributed by atoms with E-state index in [1.807, 2.05) is 11.0 Å². The van der Waals surface area contributed by atoms with Gasteiger partial charge in [0, 0.05) is 69.8 Å². The maximum Gasteiger partial charge on any atom is 0.270 e. The molecule has 11 nitrogen and oxygen atoms in total. The third-order valence-corrected chi connectivity index (χ3v) is 8.92. The minimum atomic E-state index is -0.782. The molecule has 40 heavy (non-hydrogen) atoms. The van der Waals surface area contributed by atoms with Crippen LogP contribution >= 0.6 is 0 Å². The van der Waals surface area contributed by atoms with Crippen LogP contribution in [-0.2, 0) is 17.8 Å². The van der Waals surface area contributed by atoms with Gasteiger partial charge < -0.3 is 36.0 Å². The first-order chi connectivity index (χ1) is 19.3. The highest BCUT2D eigenvalue weighted by Crippen LogP contribution is 2.49. The predicted octanol–water partition coefficient (Wildman–Crippen LogP) is 1.40. The van der Waals surface area contributed by atoms with Crippen molar-refractivity contribution in [3.63, 3.8) is 0 Å². The number of carbonyl (C=O) groups is 2. The Hall–Kier alpha value is -3.44. The summed E-state index contributed by atoms with van der Waals surface area (Å²) in [6, 6.07) is 7.02. The molecular formula is C29H39N7O4. The number of hydrogen-bond donors (Lipinski definition) is 5. The largest absolute Gasteiger partial charge is 0.508 e. The van der Waals surface area contributed by atoms with Gasteiger partial charge in [-0.25, -0.2) is 4.98 Å².